The molecule has 2 aromatic rings. The van der Waals surface area contributed by atoms with E-state index in [9.17, 15) is 9.59 Å². The van der Waals surface area contributed by atoms with Crippen molar-refractivity contribution in [1.29, 1.82) is 0 Å². The van der Waals surface area contributed by atoms with Gasteiger partial charge in [-0.25, -0.2) is 0 Å². The highest BCUT2D eigenvalue weighted by Crippen LogP contribution is 2.34. The molecule has 2 N–H and O–H groups in total. The minimum atomic E-state index is -0.0854. The summed E-state index contributed by atoms with van der Waals surface area (Å²) in [6.45, 7) is 4.44. The molecule has 4 rings (SSSR count). The standard InChI is InChI=1S/C22H26N4O2S/c1-15(17-6-3-2-4-7-17)24-20(27)11-23-22(29)25-12-16-10-18(14-25)19-8-5-9-21(28)26(19)13-16/h2-9,15-16,18H,10-14H2,1H3,(H,23,29)(H,24,27)/t15-,16-,18+/m1/s1. The minimum Gasteiger partial charge on any atom is -0.354 e. The van der Waals surface area contributed by atoms with Crippen LogP contribution in [0.4, 0.5) is 0 Å². The highest BCUT2D eigenvalue weighted by atomic mass is 32.1. The lowest BCUT2D eigenvalue weighted by atomic mass is 9.83. The number of thiocarbonyl (C=S) groups is 1. The molecule has 1 aromatic heterocycles. The normalized spacial score (nSPS) is 21.1. The van der Waals surface area contributed by atoms with Crippen molar-refractivity contribution in [2.45, 2.75) is 31.8 Å². The molecule has 7 heteroatoms. The summed E-state index contributed by atoms with van der Waals surface area (Å²) in [5, 5.41) is 6.71. The number of rotatable bonds is 4. The Morgan fingerprint density at radius 1 is 1.14 bits per heavy atom. The first kappa shape index (κ1) is 19.6. The van der Waals surface area contributed by atoms with E-state index < -0.39 is 0 Å². The zero-order valence-corrected chi connectivity index (χ0v) is 17.3. The van der Waals surface area contributed by atoms with Crippen LogP contribution in [0.15, 0.2) is 53.3 Å². The van der Waals surface area contributed by atoms with Crippen molar-refractivity contribution in [3.63, 3.8) is 0 Å². The van der Waals surface area contributed by atoms with Crippen molar-refractivity contribution >= 4 is 23.2 Å². The number of likely N-dealkylation sites (tertiary alicyclic amines) is 1. The molecule has 0 radical (unpaired) electrons. The van der Waals surface area contributed by atoms with Crippen LogP contribution < -0.4 is 16.2 Å². The first-order valence-electron chi connectivity index (χ1n) is 10.1. The number of amides is 1. The Kier molecular flexibility index (Phi) is 5.67. The Bertz CT molecular complexity index is 959. The van der Waals surface area contributed by atoms with E-state index in [0.29, 0.717) is 16.9 Å². The molecule has 0 spiro atoms. The van der Waals surface area contributed by atoms with Crippen LogP contribution >= 0.6 is 12.2 Å². The molecule has 2 bridgehead atoms. The van der Waals surface area contributed by atoms with Crippen LogP contribution in [-0.2, 0) is 11.3 Å². The fraction of sp³-hybridized carbons (Fsp3) is 0.409. The molecule has 1 amide bonds. The first-order chi connectivity index (χ1) is 14.0. The van der Waals surface area contributed by atoms with Gasteiger partial charge in [0.15, 0.2) is 5.11 Å². The average molecular weight is 411 g/mol. The minimum absolute atomic E-state index is 0.0526. The number of hydrogen-bond donors (Lipinski definition) is 2. The number of hydrogen-bond acceptors (Lipinski definition) is 3. The Labute approximate surface area is 175 Å². The van der Waals surface area contributed by atoms with E-state index in [4.69, 9.17) is 12.2 Å². The van der Waals surface area contributed by atoms with Crippen LogP contribution in [0.1, 0.15) is 36.6 Å². The van der Waals surface area contributed by atoms with E-state index in [1.54, 1.807) is 6.07 Å². The second-order valence-corrected chi connectivity index (χ2v) is 8.35. The van der Waals surface area contributed by atoms with Gasteiger partial charge in [0.2, 0.25) is 5.91 Å². The largest absolute Gasteiger partial charge is 0.354 e. The molecule has 152 valence electrons. The molecule has 1 aromatic carbocycles. The molecular weight excluding hydrogens is 384 g/mol. The van der Waals surface area contributed by atoms with Gasteiger partial charge in [0, 0.05) is 37.3 Å². The van der Waals surface area contributed by atoms with Crippen molar-refractivity contribution in [3.8, 4) is 0 Å². The van der Waals surface area contributed by atoms with Crippen LogP contribution in [0.5, 0.6) is 0 Å². The van der Waals surface area contributed by atoms with Crippen LogP contribution in [0, 0.1) is 5.92 Å². The summed E-state index contributed by atoms with van der Waals surface area (Å²) in [5.74, 6) is 0.605. The van der Waals surface area contributed by atoms with Gasteiger partial charge >= 0.3 is 0 Å². The van der Waals surface area contributed by atoms with Gasteiger partial charge in [-0.15, -0.1) is 0 Å². The quantitative estimate of drug-likeness (QED) is 0.755. The predicted octanol–water partition coefficient (Wildman–Crippen LogP) is 2.02. The Hall–Kier alpha value is -2.67. The van der Waals surface area contributed by atoms with Gasteiger partial charge in [-0.3, -0.25) is 9.59 Å². The van der Waals surface area contributed by atoms with E-state index in [2.05, 4.69) is 15.5 Å². The van der Waals surface area contributed by atoms with Crippen molar-refractivity contribution in [1.82, 2.24) is 20.1 Å². The molecule has 2 aliphatic rings. The van der Waals surface area contributed by atoms with E-state index in [1.165, 1.54) is 0 Å². The van der Waals surface area contributed by atoms with Crippen LogP contribution in [-0.4, -0.2) is 40.1 Å². The van der Waals surface area contributed by atoms with Gasteiger partial charge in [0.25, 0.3) is 5.56 Å². The number of carbonyl (C=O) groups is 1. The highest BCUT2D eigenvalue weighted by molar-refractivity contribution is 7.80. The third-order valence-corrected chi connectivity index (χ3v) is 6.25. The van der Waals surface area contributed by atoms with Gasteiger partial charge in [0.05, 0.1) is 12.6 Å². The zero-order valence-electron chi connectivity index (χ0n) is 16.5. The van der Waals surface area contributed by atoms with Crippen molar-refractivity contribution in [2.75, 3.05) is 19.6 Å². The smallest absolute Gasteiger partial charge is 0.250 e. The van der Waals surface area contributed by atoms with Gasteiger partial charge in [-0.05, 0) is 43.1 Å². The molecule has 0 aliphatic carbocycles. The molecule has 3 heterocycles. The summed E-state index contributed by atoms with van der Waals surface area (Å²) in [4.78, 5) is 26.6. The maximum Gasteiger partial charge on any atom is 0.250 e. The number of benzene rings is 1. The van der Waals surface area contributed by atoms with Gasteiger partial charge < -0.3 is 20.1 Å². The third-order valence-electron chi connectivity index (χ3n) is 5.84. The number of fused-ring (bicyclic) bond motifs is 4. The maximum absolute atomic E-state index is 12.3. The summed E-state index contributed by atoms with van der Waals surface area (Å²) in [6, 6.07) is 15.3. The second-order valence-electron chi connectivity index (χ2n) is 7.96. The van der Waals surface area contributed by atoms with E-state index in [1.807, 2.05) is 54.0 Å². The van der Waals surface area contributed by atoms with Crippen molar-refractivity contribution in [3.05, 3.63) is 70.1 Å². The number of pyridine rings is 1. The summed E-state index contributed by atoms with van der Waals surface area (Å²) in [7, 11) is 0. The monoisotopic (exact) mass is 410 g/mol. The lowest BCUT2D eigenvalue weighted by Gasteiger charge is -2.43. The fourth-order valence-electron chi connectivity index (χ4n) is 4.45. The average Bonchev–Trinajstić information content (AvgIpc) is 2.73. The Morgan fingerprint density at radius 3 is 2.72 bits per heavy atom. The fourth-order valence-corrected chi connectivity index (χ4v) is 4.67. The van der Waals surface area contributed by atoms with Crippen LogP contribution in [0.25, 0.3) is 0 Å². The Balaban J connectivity index is 1.32. The summed E-state index contributed by atoms with van der Waals surface area (Å²) < 4.78 is 1.91. The van der Waals surface area contributed by atoms with Crippen molar-refractivity contribution < 1.29 is 4.79 Å². The highest BCUT2D eigenvalue weighted by Gasteiger charge is 2.35. The van der Waals surface area contributed by atoms with Gasteiger partial charge in [0.1, 0.15) is 0 Å². The summed E-state index contributed by atoms with van der Waals surface area (Å²) in [6.07, 6.45) is 1.08. The third kappa shape index (κ3) is 4.34. The molecule has 3 atom stereocenters. The second kappa shape index (κ2) is 8.37. The van der Waals surface area contributed by atoms with Gasteiger partial charge in [-0.2, -0.15) is 0 Å². The topological polar surface area (TPSA) is 66.4 Å². The number of carbonyl (C=O) groups excluding carboxylic acids is 1. The summed E-state index contributed by atoms with van der Waals surface area (Å²) >= 11 is 5.57. The lowest BCUT2D eigenvalue weighted by Crippen LogP contribution is -2.52. The number of aromatic nitrogens is 1. The molecule has 2 aliphatic heterocycles. The zero-order chi connectivity index (χ0) is 20.4. The molecule has 1 fully saturated rings. The number of piperidine rings is 1. The SMILES string of the molecule is C[C@@H](NC(=O)CNC(=S)N1C[C@H]2C[C@@H](C1)c1cccc(=O)n1C2)c1ccccc1. The summed E-state index contributed by atoms with van der Waals surface area (Å²) in [5.41, 5.74) is 2.24. The maximum atomic E-state index is 12.3. The molecule has 0 unspecified atom stereocenters. The molecule has 6 nitrogen and oxygen atoms in total. The van der Waals surface area contributed by atoms with E-state index in [0.717, 1.165) is 37.3 Å². The predicted molar refractivity (Wildman–Crippen MR) is 117 cm³/mol. The molecule has 1 saturated heterocycles. The molecular formula is C22H26N4O2S. The van der Waals surface area contributed by atoms with Crippen molar-refractivity contribution in [2.24, 2.45) is 5.92 Å². The van der Waals surface area contributed by atoms with E-state index >= 15 is 0 Å². The number of nitrogens with zero attached hydrogens (tertiary/aromatic N) is 2. The number of nitrogens with one attached hydrogen (secondary N) is 2. The van der Waals surface area contributed by atoms with Crippen LogP contribution in [0.3, 0.4) is 0 Å². The Morgan fingerprint density at radius 2 is 1.93 bits per heavy atom. The molecule has 0 saturated carbocycles. The van der Waals surface area contributed by atoms with E-state index in [-0.39, 0.29) is 24.1 Å². The first-order valence-corrected chi connectivity index (χ1v) is 10.5. The molecule has 29 heavy (non-hydrogen) atoms. The van der Waals surface area contributed by atoms with Gasteiger partial charge in [-0.1, -0.05) is 36.4 Å². The van der Waals surface area contributed by atoms with Crippen LogP contribution in [0.2, 0.25) is 0 Å². The lowest BCUT2D eigenvalue weighted by molar-refractivity contribution is -0.120.